The number of carbonyl (C=O) groups is 5. The number of aryl methyl sites for hydroxylation is 1. The number of hydrogen-bond acceptors (Lipinski definition) is 15. The number of ether oxygens (including phenoxy) is 4. The smallest absolute Gasteiger partial charge is 0.343 e. The molecule has 3 atom stereocenters. The maximum atomic E-state index is 13.9. The first-order valence-corrected chi connectivity index (χ1v) is 24.3. The van der Waals surface area contributed by atoms with Gasteiger partial charge in [0, 0.05) is 54.4 Å². The number of aliphatic hydroxyl groups is 1. The Balaban J connectivity index is 0.917. The number of nitrogens with zero attached hydrogens (tertiary/aromatic N) is 4. The van der Waals surface area contributed by atoms with Crippen molar-refractivity contribution in [2.24, 2.45) is 5.92 Å². The van der Waals surface area contributed by atoms with E-state index >= 15 is 0 Å². The molecule has 0 saturated carbocycles. The van der Waals surface area contributed by atoms with E-state index in [4.69, 9.17) is 36.1 Å². The maximum absolute atomic E-state index is 13.9. The number of fused-ring (bicyclic) bond motifs is 6. The van der Waals surface area contributed by atoms with Crippen molar-refractivity contribution >= 4 is 52.7 Å². The summed E-state index contributed by atoms with van der Waals surface area (Å²) in [7, 11) is 3.90. The van der Waals surface area contributed by atoms with Gasteiger partial charge < -0.3 is 59.8 Å². The van der Waals surface area contributed by atoms with Crippen molar-refractivity contribution in [3.8, 4) is 34.7 Å². The number of aromatic amines is 1. The van der Waals surface area contributed by atoms with Crippen molar-refractivity contribution in [2.75, 3.05) is 47.3 Å². The normalized spacial score (nSPS) is 16.0. The molecule has 7 rings (SSSR count). The molecule has 0 radical (unpaired) electrons. The Hall–Kier alpha value is -6.73. The molecule has 1 aromatic carbocycles. The molecule has 21 heteroatoms. The zero-order valence-corrected chi connectivity index (χ0v) is 41.5. The van der Waals surface area contributed by atoms with E-state index < -0.39 is 41.4 Å². The van der Waals surface area contributed by atoms with Crippen LogP contribution in [0.25, 0.3) is 22.3 Å². The Bertz CT molecular complexity index is 2850. The minimum atomic E-state index is -1.96. The number of esters is 1. The molecule has 0 spiro atoms. The average Bonchev–Trinajstić information content (AvgIpc) is 3.97. The highest BCUT2D eigenvalue weighted by Gasteiger charge is 2.45. The zero-order valence-electron chi connectivity index (χ0n) is 40.7. The molecule has 0 fully saturated rings. The molecular weight excluding hydrogens is 935 g/mol. The minimum Gasteiger partial charge on any atom is -0.458 e. The van der Waals surface area contributed by atoms with Crippen LogP contribution in [0.1, 0.15) is 100.0 Å². The average molecular weight is 996 g/mol. The van der Waals surface area contributed by atoms with Crippen molar-refractivity contribution in [1.29, 1.82) is 0 Å². The lowest BCUT2D eigenvalue weighted by molar-refractivity contribution is -0.172. The van der Waals surface area contributed by atoms with Crippen LogP contribution in [-0.4, -0.2) is 119 Å². The molecule has 0 saturated heterocycles. The van der Waals surface area contributed by atoms with Gasteiger partial charge >= 0.3 is 5.97 Å². The summed E-state index contributed by atoms with van der Waals surface area (Å²) in [5.41, 5.74) is 2.17. The largest absolute Gasteiger partial charge is 0.458 e. The number of rotatable bonds is 22. The third-order valence-electron chi connectivity index (χ3n) is 12.7. The van der Waals surface area contributed by atoms with Crippen LogP contribution in [0.4, 0.5) is 0 Å². The number of benzene rings is 1. The molecule has 0 aliphatic carbocycles. The summed E-state index contributed by atoms with van der Waals surface area (Å²) in [6.07, 6.45) is 7.06. The quantitative estimate of drug-likeness (QED) is 0.0192. The Morgan fingerprint density at radius 3 is 2.52 bits per heavy atom. The molecule has 71 heavy (non-hydrogen) atoms. The van der Waals surface area contributed by atoms with E-state index in [2.05, 4.69) is 43.1 Å². The van der Waals surface area contributed by atoms with Crippen molar-refractivity contribution in [1.82, 2.24) is 45.7 Å². The zero-order chi connectivity index (χ0) is 50.8. The van der Waals surface area contributed by atoms with Gasteiger partial charge in [-0.3, -0.25) is 24.0 Å². The Morgan fingerprint density at radius 2 is 1.79 bits per heavy atom. The lowest BCUT2D eigenvalue weighted by atomic mass is 9.86. The summed E-state index contributed by atoms with van der Waals surface area (Å²) < 4.78 is 24.3. The Morgan fingerprint density at radius 1 is 1.00 bits per heavy atom. The second kappa shape index (κ2) is 23.5. The van der Waals surface area contributed by atoms with E-state index in [0.29, 0.717) is 77.3 Å². The van der Waals surface area contributed by atoms with Crippen molar-refractivity contribution < 1.29 is 48.0 Å². The molecule has 0 bridgehead atoms. The first-order valence-electron chi connectivity index (χ1n) is 23.9. The highest BCUT2D eigenvalue weighted by atomic mass is 32.1. The second-order valence-electron chi connectivity index (χ2n) is 18.3. The van der Waals surface area contributed by atoms with E-state index in [-0.39, 0.29) is 81.2 Å². The van der Waals surface area contributed by atoms with Crippen LogP contribution in [-0.2, 0) is 58.6 Å². The van der Waals surface area contributed by atoms with Crippen molar-refractivity contribution in [3.63, 3.8) is 0 Å². The minimum absolute atomic E-state index is 0.0226. The molecule has 4 aromatic rings. The summed E-state index contributed by atoms with van der Waals surface area (Å²) >= 11 is 4.95. The molecule has 3 aliphatic rings. The maximum Gasteiger partial charge on any atom is 0.343 e. The third-order valence-corrected chi connectivity index (χ3v) is 12.9. The monoisotopic (exact) mass is 995 g/mol. The fraction of sp³-hybridized carbons (Fsp3) is 0.500. The van der Waals surface area contributed by atoms with Gasteiger partial charge in [0.25, 0.3) is 5.56 Å². The Labute approximate surface area is 416 Å². The lowest BCUT2D eigenvalue weighted by Crippen LogP contribution is -2.56. The summed E-state index contributed by atoms with van der Waals surface area (Å²) in [5.74, 6) is 4.14. The second-order valence-corrected chi connectivity index (χ2v) is 18.7. The predicted octanol–water partition coefficient (Wildman–Crippen LogP) is 2.98. The number of cyclic esters (lactones) is 1. The fourth-order valence-corrected chi connectivity index (χ4v) is 8.86. The van der Waals surface area contributed by atoms with E-state index in [1.54, 1.807) is 49.9 Å². The molecule has 3 aromatic heterocycles. The van der Waals surface area contributed by atoms with E-state index in [0.717, 1.165) is 29.5 Å². The highest BCUT2D eigenvalue weighted by Crippen LogP contribution is 2.43. The number of aromatic nitrogens is 4. The van der Waals surface area contributed by atoms with Crippen LogP contribution >= 0.6 is 12.2 Å². The van der Waals surface area contributed by atoms with Gasteiger partial charge in [-0.15, -0.1) is 0 Å². The van der Waals surface area contributed by atoms with E-state index in [1.165, 1.54) is 0 Å². The van der Waals surface area contributed by atoms with Gasteiger partial charge in [0.2, 0.25) is 30.4 Å². The Kier molecular flexibility index (Phi) is 17.2. The summed E-state index contributed by atoms with van der Waals surface area (Å²) in [4.78, 5) is 93.4. The molecule has 378 valence electrons. The van der Waals surface area contributed by atoms with Crippen LogP contribution < -0.4 is 36.3 Å². The van der Waals surface area contributed by atoms with Gasteiger partial charge in [-0.1, -0.05) is 32.6 Å². The van der Waals surface area contributed by atoms with Crippen molar-refractivity contribution in [2.45, 2.75) is 109 Å². The fourth-order valence-electron chi connectivity index (χ4n) is 8.75. The van der Waals surface area contributed by atoms with Gasteiger partial charge in [-0.2, -0.15) is 0 Å². The first kappa shape index (κ1) is 52.1. The van der Waals surface area contributed by atoms with Crippen LogP contribution in [0.2, 0.25) is 0 Å². The topological polar surface area (TPSA) is 257 Å². The van der Waals surface area contributed by atoms with Gasteiger partial charge in [-0.25, -0.2) is 14.8 Å². The molecule has 0 unspecified atom stereocenters. The molecule has 3 aliphatic heterocycles. The molecule has 6 N–H and O–H groups in total. The van der Waals surface area contributed by atoms with E-state index in [9.17, 15) is 33.9 Å². The van der Waals surface area contributed by atoms with Crippen LogP contribution in [0.15, 0.2) is 35.4 Å². The number of pyridine rings is 2. The van der Waals surface area contributed by atoms with Gasteiger partial charge in [-0.05, 0) is 101 Å². The highest BCUT2D eigenvalue weighted by molar-refractivity contribution is 7.71. The summed E-state index contributed by atoms with van der Waals surface area (Å²) in [6.45, 7) is 5.83. The molecule has 20 nitrogen and oxygen atoms in total. The standard InChI is InChI=1S/C50H61N9O11S/c1-6-50(66)35-20-38-44-33(25-59(38)47(64)34(35)26-68-48(50)65)31(32-19-39-40(70-28-69-39)21-37(32)55-44)14-12-18-67-27-54-42(61)24-51-45(62)36(15-10-11-17-58(4)5)56-46(63)43(29(2)3)57-41(60)16-9-7-8-13-30-22-52-49(71)53-23-30/h19-23,29,36,43,66H,6-7,9-12,14-18,24-28H2,1-5H3,(H,51,62)(H,54,61)(H,56,63)(H,57,60)(H,52,53,71)/t36-,43-,50-/m0/s1. The number of unbranched alkanes of at least 4 members (excludes halogenated alkanes) is 2. The molecule has 4 amide bonds. The SMILES string of the molecule is CC[C@@]1(O)C(=O)OCc2c1cc1n(c2=O)Cc2c-1nc1cc3c(cc1c2CCCOCNC(=O)CNC(=O)[C@H](CCCCN(C)C)NC(=O)[C@@H](NC(=O)CCCC#Cc1cnc(=S)[nH]c1)C(C)C)OCO3. The van der Waals surface area contributed by atoms with Gasteiger partial charge in [0.1, 0.15) is 25.4 Å². The van der Waals surface area contributed by atoms with E-state index in [1.807, 2.05) is 25.1 Å². The number of carbonyl (C=O) groups excluding carboxylic acids is 5. The predicted molar refractivity (Wildman–Crippen MR) is 262 cm³/mol. The lowest BCUT2D eigenvalue weighted by Gasteiger charge is -2.31. The first-order chi connectivity index (χ1) is 34.1. The van der Waals surface area contributed by atoms with Gasteiger partial charge in [0.15, 0.2) is 21.9 Å². The number of nitrogens with one attached hydrogen (secondary N) is 5. The summed E-state index contributed by atoms with van der Waals surface area (Å²) in [6, 6.07) is 3.49. The van der Waals surface area contributed by atoms with Gasteiger partial charge in [0.05, 0.1) is 41.1 Å². The molecule has 6 heterocycles. The number of hydrogen-bond donors (Lipinski definition) is 6. The third kappa shape index (κ3) is 12.4. The number of H-pyrrole nitrogens is 1. The van der Waals surface area contributed by atoms with Crippen LogP contribution in [0, 0.1) is 22.5 Å². The molecular formula is C50H61N9O11S. The van der Waals surface area contributed by atoms with Crippen LogP contribution in [0.5, 0.6) is 11.5 Å². The van der Waals surface area contributed by atoms with Crippen LogP contribution in [0.3, 0.4) is 0 Å². The summed E-state index contributed by atoms with van der Waals surface area (Å²) in [5, 5.41) is 23.1. The number of amides is 4. The van der Waals surface area contributed by atoms with Crippen molar-refractivity contribution in [3.05, 3.63) is 73.5 Å².